The van der Waals surface area contributed by atoms with Crippen LogP contribution in [0, 0.1) is 0 Å². The van der Waals surface area contributed by atoms with E-state index in [1.165, 1.54) is 28.8 Å². The van der Waals surface area contributed by atoms with Crippen molar-refractivity contribution in [3.05, 3.63) is 29.8 Å². The molecule has 1 aliphatic heterocycles. The third-order valence-electron chi connectivity index (χ3n) is 3.10. The number of carbonyl (C=O) groups is 3. The highest BCUT2D eigenvalue weighted by atomic mass is 32.2. The molecule has 2 rings (SSSR count). The molecule has 0 aliphatic carbocycles. The van der Waals surface area contributed by atoms with Gasteiger partial charge in [-0.15, -0.1) is 0 Å². The zero-order chi connectivity index (χ0) is 16.3. The van der Waals surface area contributed by atoms with Gasteiger partial charge < -0.3 is 10.4 Å². The number of aromatic carboxylic acids is 1. The first kappa shape index (κ1) is 16.0. The number of hydrogen-bond donors (Lipinski definition) is 2. The number of rotatable bonds is 4. The van der Waals surface area contributed by atoms with Crippen molar-refractivity contribution < 1.29 is 19.5 Å². The number of nitrogens with one attached hydrogen (secondary N) is 1. The minimum atomic E-state index is -1.07. The fraction of sp³-hybridized carbons (Fsp3) is 0.286. The Morgan fingerprint density at radius 1 is 1.45 bits per heavy atom. The Morgan fingerprint density at radius 3 is 2.77 bits per heavy atom. The molecule has 0 bridgehead atoms. The summed E-state index contributed by atoms with van der Waals surface area (Å²) in [6, 6.07) is 5.95. The van der Waals surface area contributed by atoms with Gasteiger partial charge in [0.1, 0.15) is 5.25 Å². The highest BCUT2D eigenvalue weighted by Gasteiger charge is 2.36. The quantitative estimate of drug-likeness (QED) is 0.870. The largest absolute Gasteiger partial charge is 0.478 e. The molecule has 1 fully saturated rings. The van der Waals surface area contributed by atoms with Gasteiger partial charge in [0.05, 0.1) is 5.56 Å². The maximum absolute atomic E-state index is 12.0. The lowest BCUT2D eigenvalue weighted by Crippen LogP contribution is -2.30. The average Bonchev–Trinajstić information content (AvgIpc) is 2.75. The Labute approximate surface area is 131 Å². The van der Waals surface area contributed by atoms with Crippen molar-refractivity contribution in [1.82, 2.24) is 4.90 Å². The number of amides is 2. The van der Waals surface area contributed by atoms with Crippen LogP contribution in [-0.4, -0.2) is 52.3 Å². The second-order valence-corrected chi connectivity index (χ2v) is 5.82. The Morgan fingerprint density at radius 2 is 2.18 bits per heavy atom. The van der Waals surface area contributed by atoms with E-state index < -0.39 is 11.2 Å². The number of aliphatic imine (C=N–C) groups is 1. The summed E-state index contributed by atoms with van der Waals surface area (Å²) in [6.45, 7) is 0. The molecule has 1 aromatic rings. The van der Waals surface area contributed by atoms with E-state index in [4.69, 9.17) is 5.11 Å². The smallest absolute Gasteiger partial charge is 0.335 e. The Hall–Kier alpha value is -2.35. The van der Waals surface area contributed by atoms with Gasteiger partial charge in [-0.3, -0.25) is 19.5 Å². The van der Waals surface area contributed by atoms with Gasteiger partial charge >= 0.3 is 5.97 Å². The number of hydrogen-bond acceptors (Lipinski definition) is 5. The Bertz CT molecular complexity index is 659. The van der Waals surface area contributed by atoms with Crippen LogP contribution in [0.15, 0.2) is 29.3 Å². The van der Waals surface area contributed by atoms with Crippen LogP contribution in [0.3, 0.4) is 0 Å². The molecular formula is C14H15N3O4S. The fourth-order valence-corrected chi connectivity index (χ4v) is 3.11. The summed E-state index contributed by atoms with van der Waals surface area (Å²) in [5.74, 6) is -1.58. The highest BCUT2D eigenvalue weighted by Crippen LogP contribution is 2.28. The van der Waals surface area contributed by atoms with Crippen LogP contribution < -0.4 is 5.32 Å². The van der Waals surface area contributed by atoms with Crippen molar-refractivity contribution in [2.24, 2.45) is 4.99 Å². The highest BCUT2D eigenvalue weighted by molar-refractivity contribution is 8.15. The first-order chi connectivity index (χ1) is 10.4. The molecule has 0 radical (unpaired) electrons. The van der Waals surface area contributed by atoms with Crippen molar-refractivity contribution in [3.8, 4) is 0 Å². The number of carboxylic acids is 1. The van der Waals surface area contributed by atoms with Gasteiger partial charge in [-0.2, -0.15) is 0 Å². The minimum Gasteiger partial charge on any atom is -0.478 e. The summed E-state index contributed by atoms with van der Waals surface area (Å²) in [7, 11) is 3.21. The second-order valence-electron chi connectivity index (χ2n) is 4.65. The van der Waals surface area contributed by atoms with E-state index in [1.807, 2.05) is 0 Å². The van der Waals surface area contributed by atoms with Crippen LogP contribution in [0.1, 0.15) is 16.8 Å². The van der Waals surface area contributed by atoms with Crippen molar-refractivity contribution in [1.29, 1.82) is 0 Å². The summed E-state index contributed by atoms with van der Waals surface area (Å²) in [4.78, 5) is 40.3. The molecule has 22 heavy (non-hydrogen) atoms. The molecule has 1 saturated heterocycles. The van der Waals surface area contributed by atoms with E-state index in [2.05, 4.69) is 10.3 Å². The maximum Gasteiger partial charge on any atom is 0.335 e. The molecule has 2 amide bonds. The lowest BCUT2D eigenvalue weighted by molar-refractivity contribution is -0.127. The number of benzene rings is 1. The SMILES string of the molecule is CN=C1S[C@@H](CC(=O)Nc2cccc(C(=O)O)c2)C(=O)N1C. The predicted octanol–water partition coefficient (Wildman–Crippen LogP) is 1.27. The number of carbonyl (C=O) groups excluding carboxylic acids is 2. The molecular weight excluding hydrogens is 306 g/mol. The molecule has 0 spiro atoms. The van der Waals surface area contributed by atoms with Gasteiger partial charge in [0.2, 0.25) is 11.8 Å². The van der Waals surface area contributed by atoms with E-state index in [9.17, 15) is 14.4 Å². The summed E-state index contributed by atoms with van der Waals surface area (Å²) in [6.07, 6.45) is 0.00413. The van der Waals surface area contributed by atoms with E-state index in [-0.39, 0.29) is 23.8 Å². The fourth-order valence-electron chi connectivity index (χ4n) is 2.01. The first-order valence-electron chi connectivity index (χ1n) is 6.46. The van der Waals surface area contributed by atoms with Gasteiger partial charge in [-0.1, -0.05) is 17.8 Å². The molecule has 1 aromatic carbocycles. The molecule has 116 valence electrons. The summed E-state index contributed by atoms with van der Waals surface area (Å²) >= 11 is 1.25. The van der Waals surface area contributed by atoms with Crippen molar-refractivity contribution in [2.45, 2.75) is 11.7 Å². The Kier molecular flexibility index (Phi) is 4.81. The summed E-state index contributed by atoms with van der Waals surface area (Å²) in [5, 5.41) is 11.6. The Balaban J connectivity index is 2.01. The van der Waals surface area contributed by atoms with Crippen molar-refractivity contribution in [3.63, 3.8) is 0 Å². The average molecular weight is 321 g/mol. The van der Waals surface area contributed by atoms with E-state index in [0.717, 1.165) is 0 Å². The molecule has 1 aliphatic rings. The maximum atomic E-state index is 12.0. The van der Waals surface area contributed by atoms with Gasteiger partial charge in [0.25, 0.3) is 0 Å². The number of amidine groups is 1. The summed E-state index contributed by atoms with van der Waals surface area (Å²) < 4.78 is 0. The molecule has 7 nitrogen and oxygen atoms in total. The van der Waals surface area contributed by atoms with Gasteiger partial charge in [-0.25, -0.2) is 4.79 Å². The lowest BCUT2D eigenvalue weighted by Gasteiger charge is -2.09. The number of anilines is 1. The number of thioether (sulfide) groups is 1. The van der Waals surface area contributed by atoms with E-state index >= 15 is 0 Å². The van der Waals surface area contributed by atoms with Crippen LogP contribution in [-0.2, 0) is 9.59 Å². The number of carboxylic acid groups (broad SMARTS) is 1. The minimum absolute atomic E-state index is 0.00413. The summed E-state index contributed by atoms with van der Waals surface area (Å²) in [5.41, 5.74) is 0.474. The van der Waals surface area contributed by atoms with Crippen LogP contribution >= 0.6 is 11.8 Å². The zero-order valence-corrected chi connectivity index (χ0v) is 12.9. The molecule has 0 unspecified atom stereocenters. The molecule has 0 aromatic heterocycles. The number of nitrogens with zero attached hydrogens (tertiary/aromatic N) is 2. The van der Waals surface area contributed by atoms with E-state index in [0.29, 0.717) is 10.9 Å². The monoisotopic (exact) mass is 321 g/mol. The first-order valence-corrected chi connectivity index (χ1v) is 7.34. The third-order valence-corrected chi connectivity index (χ3v) is 4.42. The second kappa shape index (κ2) is 6.61. The molecule has 1 heterocycles. The predicted molar refractivity (Wildman–Crippen MR) is 84.2 cm³/mol. The van der Waals surface area contributed by atoms with Gasteiger partial charge in [0, 0.05) is 26.2 Å². The molecule has 0 saturated carbocycles. The van der Waals surface area contributed by atoms with Crippen LogP contribution in [0.4, 0.5) is 5.69 Å². The van der Waals surface area contributed by atoms with Crippen LogP contribution in [0.2, 0.25) is 0 Å². The van der Waals surface area contributed by atoms with Gasteiger partial charge in [-0.05, 0) is 18.2 Å². The lowest BCUT2D eigenvalue weighted by atomic mass is 10.2. The molecule has 8 heteroatoms. The van der Waals surface area contributed by atoms with E-state index in [1.54, 1.807) is 26.2 Å². The van der Waals surface area contributed by atoms with Crippen LogP contribution in [0.25, 0.3) is 0 Å². The van der Waals surface area contributed by atoms with Gasteiger partial charge in [0.15, 0.2) is 5.17 Å². The zero-order valence-electron chi connectivity index (χ0n) is 12.1. The third kappa shape index (κ3) is 3.45. The van der Waals surface area contributed by atoms with Crippen molar-refractivity contribution in [2.75, 3.05) is 19.4 Å². The van der Waals surface area contributed by atoms with Crippen LogP contribution in [0.5, 0.6) is 0 Å². The topological polar surface area (TPSA) is 99.1 Å². The molecule has 1 atom stereocenters. The standard InChI is InChI=1S/C14H15N3O4S/c1-15-14-17(2)12(19)10(22-14)7-11(18)16-9-5-3-4-8(6-9)13(20)21/h3-6,10H,7H2,1-2H3,(H,16,18)(H,20,21)/t10-/m0/s1. The molecule has 2 N–H and O–H groups in total. The normalized spacial score (nSPS) is 19.5. The van der Waals surface area contributed by atoms with Crippen molar-refractivity contribution >= 4 is 40.4 Å².